The predicted octanol–water partition coefficient (Wildman–Crippen LogP) is 6.05. The number of aromatic nitrogens is 1. The molecule has 1 saturated heterocycles. The maximum atomic E-state index is 12.7. The molecular weight excluding hydrogens is 448 g/mol. The van der Waals surface area contributed by atoms with Crippen LogP contribution in [0.1, 0.15) is 34.5 Å². The molecule has 4 aromatic rings. The Balaban J connectivity index is 1.17. The van der Waals surface area contributed by atoms with Gasteiger partial charge in [0.25, 0.3) is 5.91 Å². The highest BCUT2D eigenvalue weighted by atomic mass is 16.3. The molecule has 36 heavy (non-hydrogen) atoms. The van der Waals surface area contributed by atoms with E-state index in [0.717, 1.165) is 54.4 Å². The van der Waals surface area contributed by atoms with Gasteiger partial charge in [-0.3, -0.25) is 4.79 Å². The van der Waals surface area contributed by atoms with Crippen LogP contribution in [0.2, 0.25) is 0 Å². The average Bonchev–Trinajstić information content (AvgIpc) is 3.24. The van der Waals surface area contributed by atoms with E-state index in [1.807, 2.05) is 48.5 Å². The Kier molecular flexibility index (Phi) is 6.78. The van der Waals surface area contributed by atoms with Gasteiger partial charge < -0.3 is 25.2 Å². The van der Waals surface area contributed by atoms with E-state index >= 15 is 0 Å². The van der Waals surface area contributed by atoms with Crippen molar-refractivity contribution in [2.24, 2.45) is 0 Å². The largest absolute Gasteiger partial charge is 0.393 e. The van der Waals surface area contributed by atoms with Crippen LogP contribution in [0.3, 0.4) is 0 Å². The van der Waals surface area contributed by atoms with Gasteiger partial charge in [-0.25, -0.2) is 0 Å². The lowest BCUT2D eigenvalue weighted by molar-refractivity contribution is 0.102. The zero-order chi connectivity index (χ0) is 25.1. The van der Waals surface area contributed by atoms with Crippen molar-refractivity contribution in [2.45, 2.75) is 32.8 Å². The number of benzene rings is 3. The third-order valence-corrected chi connectivity index (χ3v) is 6.94. The van der Waals surface area contributed by atoms with Crippen LogP contribution in [-0.4, -0.2) is 34.8 Å². The van der Waals surface area contributed by atoms with Crippen molar-refractivity contribution in [3.05, 3.63) is 102 Å². The van der Waals surface area contributed by atoms with E-state index in [-0.39, 0.29) is 12.0 Å². The first-order chi connectivity index (χ1) is 17.5. The third kappa shape index (κ3) is 5.29. The number of anilines is 4. The molecule has 1 aliphatic rings. The van der Waals surface area contributed by atoms with Gasteiger partial charge in [-0.05, 0) is 111 Å². The molecule has 1 fully saturated rings. The van der Waals surface area contributed by atoms with Crippen LogP contribution < -0.4 is 15.5 Å². The molecule has 0 bridgehead atoms. The van der Waals surface area contributed by atoms with E-state index < -0.39 is 0 Å². The molecule has 0 atom stereocenters. The minimum Gasteiger partial charge on any atom is -0.393 e. The van der Waals surface area contributed by atoms with Crippen LogP contribution >= 0.6 is 0 Å². The van der Waals surface area contributed by atoms with E-state index in [0.29, 0.717) is 5.56 Å². The van der Waals surface area contributed by atoms with Crippen LogP contribution in [0.4, 0.5) is 22.7 Å². The van der Waals surface area contributed by atoms with Crippen LogP contribution in [0.25, 0.3) is 5.69 Å². The second kappa shape index (κ2) is 10.3. The summed E-state index contributed by atoms with van der Waals surface area (Å²) in [5, 5.41) is 16.1. The summed E-state index contributed by atoms with van der Waals surface area (Å²) in [7, 11) is 0. The number of aryl methyl sites for hydroxylation is 1. The smallest absolute Gasteiger partial charge is 0.255 e. The van der Waals surface area contributed by atoms with Gasteiger partial charge >= 0.3 is 0 Å². The fourth-order valence-corrected chi connectivity index (χ4v) is 4.55. The monoisotopic (exact) mass is 480 g/mol. The number of carbonyl (C=O) groups excluding carboxylic acids is 1. The Morgan fingerprint density at radius 1 is 0.778 bits per heavy atom. The zero-order valence-corrected chi connectivity index (χ0v) is 20.7. The molecule has 6 nitrogen and oxygen atoms in total. The summed E-state index contributed by atoms with van der Waals surface area (Å²) in [6.45, 7) is 5.92. The first-order valence-electron chi connectivity index (χ1n) is 12.4. The van der Waals surface area contributed by atoms with Gasteiger partial charge in [-0.2, -0.15) is 0 Å². The van der Waals surface area contributed by atoms with E-state index in [9.17, 15) is 9.90 Å². The second-order valence-corrected chi connectivity index (χ2v) is 9.42. The summed E-state index contributed by atoms with van der Waals surface area (Å²) in [5.41, 5.74) is 8.05. The Hall–Kier alpha value is -4.03. The summed E-state index contributed by atoms with van der Waals surface area (Å²) in [6.07, 6.45) is 3.46. The summed E-state index contributed by atoms with van der Waals surface area (Å²) in [4.78, 5) is 15.0. The van der Waals surface area contributed by atoms with E-state index in [1.165, 1.54) is 11.3 Å². The number of nitrogens with one attached hydrogen (secondary N) is 2. The number of carbonyl (C=O) groups is 1. The van der Waals surface area contributed by atoms with E-state index in [4.69, 9.17) is 0 Å². The molecule has 0 radical (unpaired) electrons. The fraction of sp³-hybridized carbons (Fsp3) is 0.233. The molecular formula is C30H32N4O2. The molecule has 1 aliphatic heterocycles. The van der Waals surface area contributed by atoms with Crippen LogP contribution in [-0.2, 0) is 0 Å². The predicted molar refractivity (Wildman–Crippen MR) is 147 cm³/mol. The Morgan fingerprint density at radius 2 is 1.33 bits per heavy atom. The van der Waals surface area contributed by atoms with Gasteiger partial charge in [0, 0.05) is 59.0 Å². The maximum absolute atomic E-state index is 12.7. The Morgan fingerprint density at radius 3 is 1.92 bits per heavy atom. The number of amides is 1. The van der Waals surface area contributed by atoms with Gasteiger partial charge in [0.15, 0.2) is 0 Å². The van der Waals surface area contributed by atoms with Crippen molar-refractivity contribution in [2.75, 3.05) is 28.6 Å². The van der Waals surface area contributed by atoms with Crippen LogP contribution in [0, 0.1) is 13.8 Å². The number of aliphatic hydroxyl groups excluding tert-OH is 1. The normalized spacial score (nSPS) is 14.0. The number of aliphatic hydroxyl groups is 1. The molecule has 0 spiro atoms. The third-order valence-electron chi connectivity index (χ3n) is 6.94. The van der Waals surface area contributed by atoms with Crippen molar-refractivity contribution in [1.82, 2.24) is 4.57 Å². The van der Waals surface area contributed by atoms with Crippen molar-refractivity contribution >= 4 is 28.7 Å². The second-order valence-electron chi connectivity index (χ2n) is 9.42. The molecule has 0 saturated carbocycles. The van der Waals surface area contributed by atoms with Gasteiger partial charge in [0.2, 0.25) is 0 Å². The molecule has 1 amide bonds. The molecule has 0 aliphatic carbocycles. The highest BCUT2D eigenvalue weighted by molar-refractivity contribution is 6.04. The Labute approximate surface area is 212 Å². The van der Waals surface area contributed by atoms with E-state index in [1.54, 1.807) is 0 Å². The fourth-order valence-electron chi connectivity index (χ4n) is 4.55. The quantitative estimate of drug-likeness (QED) is 0.314. The Bertz CT molecular complexity index is 1320. The molecule has 2 heterocycles. The molecule has 0 unspecified atom stereocenters. The summed E-state index contributed by atoms with van der Waals surface area (Å²) in [5.74, 6) is -0.137. The van der Waals surface area contributed by atoms with E-state index in [2.05, 4.69) is 70.5 Å². The lowest BCUT2D eigenvalue weighted by Crippen LogP contribution is -2.35. The first kappa shape index (κ1) is 23.7. The van der Waals surface area contributed by atoms with Gasteiger partial charge in [0.1, 0.15) is 0 Å². The maximum Gasteiger partial charge on any atom is 0.255 e. The standard InChI is InChI=1S/C30H32N4O2/c1-21-15-20-34(22(21)2)28-13-9-25(10-14-28)31-24-5-7-26(8-6-24)32-30(36)23-3-11-27(12-4-23)33-18-16-29(35)17-19-33/h3-15,20,29,31,35H,16-19H2,1-2H3,(H,32,36). The lowest BCUT2D eigenvalue weighted by Gasteiger charge is -2.31. The molecule has 3 aromatic carbocycles. The molecule has 184 valence electrons. The number of rotatable bonds is 6. The zero-order valence-electron chi connectivity index (χ0n) is 20.7. The number of hydrogen-bond donors (Lipinski definition) is 3. The average molecular weight is 481 g/mol. The SMILES string of the molecule is Cc1ccn(-c2ccc(Nc3ccc(NC(=O)c4ccc(N5CCC(O)CC5)cc4)cc3)cc2)c1C. The van der Waals surface area contributed by atoms with Gasteiger partial charge in [0.05, 0.1) is 6.10 Å². The van der Waals surface area contributed by atoms with Crippen molar-refractivity contribution in [3.8, 4) is 5.69 Å². The summed E-state index contributed by atoms with van der Waals surface area (Å²) < 4.78 is 2.18. The minimum absolute atomic E-state index is 0.137. The summed E-state index contributed by atoms with van der Waals surface area (Å²) in [6, 6.07) is 25.8. The number of piperidine rings is 1. The van der Waals surface area contributed by atoms with Crippen LogP contribution in [0.5, 0.6) is 0 Å². The first-order valence-corrected chi connectivity index (χ1v) is 12.4. The van der Waals surface area contributed by atoms with Gasteiger partial charge in [-0.1, -0.05) is 0 Å². The lowest BCUT2D eigenvalue weighted by atomic mass is 10.1. The topological polar surface area (TPSA) is 69.5 Å². The van der Waals surface area contributed by atoms with Crippen molar-refractivity contribution < 1.29 is 9.90 Å². The van der Waals surface area contributed by atoms with Gasteiger partial charge in [-0.15, -0.1) is 0 Å². The minimum atomic E-state index is -0.197. The molecule has 6 heteroatoms. The number of nitrogens with zero attached hydrogens (tertiary/aromatic N) is 2. The highest BCUT2D eigenvalue weighted by Crippen LogP contribution is 2.24. The molecule has 5 rings (SSSR count). The molecule has 1 aromatic heterocycles. The summed E-state index contributed by atoms with van der Waals surface area (Å²) >= 11 is 0. The van der Waals surface area contributed by atoms with Crippen molar-refractivity contribution in [3.63, 3.8) is 0 Å². The van der Waals surface area contributed by atoms with Crippen LogP contribution in [0.15, 0.2) is 85.1 Å². The van der Waals surface area contributed by atoms with Crippen molar-refractivity contribution in [1.29, 1.82) is 0 Å². The molecule has 3 N–H and O–H groups in total. The number of hydrogen-bond acceptors (Lipinski definition) is 4. The highest BCUT2D eigenvalue weighted by Gasteiger charge is 2.17.